The fourth-order valence-corrected chi connectivity index (χ4v) is 16.1. The van der Waals surface area contributed by atoms with Crippen molar-refractivity contribution < 1.29 is 44.8 Å². The van der Waals surface area contributed by atoms with Crippen LogP contribution >= 0.6 is 15.8 Å². The molecule has 0 saturated heterocycles. The molecule has 0 heterocycles. The minimum Gasteiger partial charge on any atom is -0.366 e. The van der Waals surface area contributed by atoms with Crippen molar-refractivity contribution in [3.8, 4) is 11.8 Å². The van der Waals surface area contributed by atoms with Crippen LogP contribution in [0.25, 0.3) is 64.6 Å². The minimum atomic E-state index is -1.14. The summed E-state index contributed by atoms with van der Waals surface area (Å²) in [6.45, 7) is 0. The van der Waals surface area contributed by atoms with E-state index in [1.165, 1.54) is 96.5 Å². The van der Waals surface area contributed by atoms with Gasteiger partial charge in [-0.3, -0.25) is 11.8 Å². The molecule has 0 aliphatic carbocycles. The summed E-state index contributed by atoms with van der Waals surface area (Å²) < 4.78 is 0. The SMILES string of the molecule is [Ag+].[Ag+].[C-]#Cc1ccc2ccc3c4ccccc4ccc3c2c1.[C-]#Cc1ccc2ccc3c4ccccc4ccc3c2c1.c1ccc([PH+](c2ccccc2)c2ccccc2[PH+](c2ccccc2)c2ccccc2)cc1. The van der Waals surface area contributed by atoms with Crippen LogP contribution in [-0.4, -0.2) is 0 Å². The van der Waals surface area contributed by atoms with Gasteiger partial charge in [0.15, 0.2) is 0 Å². The van der Waals surface area contributed by atoms with Crippen LogP contribution in [0.3, 0.4) is 0 Å². The Morgan fingerprint density at radius 2 is 0.486 bits per heavy atom. The van der Waals surface area contributed by atoms with E-state index in [2.05, 4.69) is 267 Å². The van der Waals surface area contributed by atoms with E-state index in [-0.39, 0.29) is 44.8 Å². The minimum absolute atomic E-state index is 0. The summed E-state index contributed by atoms with van der Waals surface area (Å²) in [5.74, 6) is 4.94. The van der Waals surface area contributed by atoms with Gasteiger partial charge >= 0.3 is 44.8 Å². The summed E-state index contributed by atoms with van der Waals surface area (Å²) in [5.41, 5.74) is 1.64. The van der Waals surface area contributed by atoms with E-state index in [9.17, 15) is 0 Å². The summed E-state index contributed by atoms with van der Waals surface area (Å²) in [7, 11) is -2.28. The monoisotopic (exact) mass is 1160 g/mol. The third kappa shape index (κ3) is 10.9. The molecule has 0 aliphatic rings. The zero-order valence-electron chi connectivity index (χ0n) is 40.2. The predicted octanol–water partition coefficient (Wildman–Crippen LogP) is 14.8. The van der Waals surface area contributed by atoms with E-state index in [1.54, 1.807) is 0 Å². The second-order valence-corrected chi connectivity index (χ2v) is 22.7. The number of benzene rings is 13. The van der Waals surface area contributed by atoms with Crippen molar-refractivity contribution in [3.05, 3.63) is 303 Å². The standard InChI is InChI=1S/C30H24P2.2C20H11.2Ag/c1-5-15-25(16-6-1)31(26-17-7-2-8-18-26)29-23-13-14-24-30(29)32(27-19-9-3-10-20-27)28-21-11-4-12-22-28;2*1-2-14-7-8-16-10-11-18-17-6-4-3-5-15(17)9-12-19(18)20(16)13-14;;/h1-24H;2*3-13H;;/q;2*-1;2*+1/p+2. The first kappa shape index (κ1) is 51.8. The summed E-state index contributed by atoms with van der Waals surface area (Å²) in [6.07, 6.45) is 14.6. The molecule has 4 heteroatoms. The van der Waals surface area contributed by atoms with Gasteiger partial charge in [-0.2, -0.15) is 0 Å². The summed E-state index contributed by atoms with van der Waals surface area (Å²) in [6, 6.07) is 99.7. The molecular formula is C70H48Ag2P2+2. The van der Waals surface area contributed by atoms with Crippen molar-refractivity contribution in [1.29, 1.82) is 0 Å². The smallest absolute Gasteiger partial charge is 0.366 e. The fraction of sp³-hybridized carbons (Fsp3) is 0. The molecule has 74 heavy (non-hydrogen) atoms. The number of rotatable bonds is 6. The third-order valence-electron chi connectivity index (χ3n) is 13.5. The molecule has 0 bridgehead atoms. The molecule has 0 aromatic heterocycles. The first-order chi connectivity index (χ1) is 35.6. The zero-order chi connectivity index (χ0) is 48.6. The average Bonchev–Trinajstić information content (AvgIpc) is 3.47. The molecule has 0 aliphatic heterocycles. The van der Waals surface area contributed by atoms with E-state index in [1.807, 2.05) is 24.3 Å². The summed E-state index contributed by atoms with van der Waals surface area (Å²) in [5, 5.41) is 23.5. The van der Waals surface area contributed by atoms with Gasteiger partial charge in [0.1, 0.15) is 47.7 Å². The molecular weight excluding hydrogens is 1120 g/mol. The zero-order valence-corrected chi connectivity index (χ0v) is 45.1. The van der Waals surface area contributed by atoms with Gasteiger partial charge in [0, 0.05) is 0 Å². The Bertz CT molecular complexity index is 3780. The maximum atomic E-state index is 7.31. The number of fused-ring (bicyclic) bond motifs is 10. The topological polar surface area (TPSA) is 0 Å². The van der Waals surface area contributed by atoms with E-state index >= 15 is 0 Å². The molecule has 0 fully saturated rings. The van der Waals surface area contributed by atoms with E-state index in [4.69, 9.17) is 12.8 Å². The van der Waals surface area contributed by atoms with Crippen LogP contribution in [0.1, 0.15) is 11.1 Å². The largest absolute Gasteiger partial charge is 1.00 e. The van der Waals surface area contributed by atoms with Crippen LogP contribution < -0.4 is 31.8 Å². The molecule has 358 valence electrons. The molecule has 13 aromatic carbocycles. The molecule has 0 amide bonds. The van der Waals surface area contributed by atoms with Crippen molar-refractivity contribution in [1.82, 2.24) is 0 Å². The third-order valence-corrected chi connectivity index (χ3v) is 19.3. The second kappa shape index (κ2) is 24.3. The predicted molar refractivity (Wildman–Crippen MR) is 317 cm³/mol. The van der Waals surface area contributed by atoms with Crippen LogP contribution in [0.4, 0.5) is 0 Å². The van der Waals surface area contributed by atoms with Gasteiger partial charge in [0.05, 0.1) is 0 Å². The Morgan fingerprint density at radius 1 is 0.230 bits per heavy atom. The first-order valence-corrected chi connectivity index (χ1v) is 27.2. The Labute approximate surface area is 468 Å². The molecule has 13 rings (SSSR count). The maximum Gasteiger partial charge on any atom is 1.00 e. The quantitative estimate of drug-likeness (QED) is 0.0512. The molecule has 0 atom stereocenters. The Balaban J connectivity index is 0.000000140. The molecule has 0 spiro atoms. The number of hydrogen-bond donors (Lipinski definition) is 0. The Hall–Kier alpha value is -7.12. The van der Waals surface area contributed by atoms with Gasteiger partial charge in [-0.05, 0) is 125 Å². The van der Waals surface area contributed by atoms with Crippen molar-refractivity contribution in [2.75, 3.05) is 0 Å². The number of hydrogen-bond acceptors (Lipinski definition) is 0. The van der Waals surface area contributed by atoms with Gasteiger partial charge in [-0.15, -0.1) is 35.4 Å². The van der Waals surface area contributed by atoms with Crippen LogP contribution in [0.15, 0.2) is 279 Å². The Morgan fingerprint density at radius 3 is 0.811 bits per heavy atom. The molecule has 0 saturated carbocycles. The first-order valence-electron chi connectivity index (χ1n) is 24.2. The van der Waals surface area contributed by atoms with Crippen LogP contribution in [0, 0.1) is 24.7 Å². The molecule has 0 unspecified atom stereocenters. The van der Waals surface area contributed by atoms with Gasteiger partial charge in [0.2, 0.25) is 0 Å². The van der Waals surface area contributed by atoms with Gasteiger partial charge in [0.25, 0.3) is 0 Å². The normalized spacial score (nSPS) is 10.7. The van der Waals surface area contributed by atoms with Crippen LogP contribution in [0.5, 0.6) is 0 Å². The van der Waals surface area contributed by atoms with Crippen molar-refractivity contribution >= 4 is 112 Å². The van der Waals surface area contributed by atoms with E-state index < -0.39 is 15.8 Å². The van der Waals surface area contributed by atoms with Gasteiger partial charge < -0.3 is 12.8 Å². The average molecular weight is 1170 g/mol. The van der Waals surface area contributed by atoms with E-state index in [0.717, 1.165) is 11.1 Å². The Kier molecular flexibility index (Phi) is 17.0. The van der Waals surface area contributed by atoms with Gasteiger partial charge in [-0.1, -0.05) is 194 Å². The van der Waals surface area contributed by atoms with Crippen molar-refractivity contribution in [2.45, 2.75) is 0 Å². The van der Waals surface area contributed by atoms with Crippen LogP contribution in [-0.2, 0) is 44.8 Å². The van der Waals surface area contributed by atoms with E-state index in [0.29, 0.717) is 0 Å². The molecule has 13 aromatic rings. The molecule has 0 N–H and O–H groups in total. The van der Waals surface area contributed by atoms with Gasteiger partial charge in [-0.25, -0.2) is 0 Å². The summed E-state index contributed by atoms with van der Waals surface area (Å²) >= 11 is 0. The molecule has 0 nitrogen and oxygen atoms in total. The molecule has 0 radical (unpaired) electrons. The van der Waals surface area contributed by atoms with Crippen molar-refractivity contribution in [2.24, 2.45) is 0 Å². The summed E-state index contributed by atoms with van der Waals surface area (Å²) in [4.78, 5) is 0. The second-order valence-electron chi connectivity index (χ2n) is 17.8. The fourth-order valence-electron chi connectivity index (χ4n) is 10.1. The maximum absolute atomic E-state index is 7.31. The van der Waals surface area contributed by atoms with Crippen molar-refractivity contribution in [3.63, 3.8) is 0 Å². The van der Waals surface area contributed by atoms with Crippen LogP contribution in [0.2, 0.25) is 0 Å².